The van der Waals surface area contributed by atoms with Gasteiger partial charge in [0.2, 0.25) is 11.8 Å². The summed E-state index contributed by atoms with van der Waals surface area (Å²) in [6, 6.07) is 18.4. The Labute approximate surface area is 368 Å². The number of piperidine rings is 2. The molecular formula is C49H57ClN8O4. The third-order valence-corrected chi connectivity index (χ3v) is 12.4. The minimum absolute atomic E-state index is 0.0140. The molecule has 324 valence electrons. The van der Waals surface area contributed by atoms with Crippen LogP contribution < -0.4 is 10.2 Å². The Morgan fingerprint density at radius 3 is 1.77 bits per heavy atom. The van der Waals surface area contributed by atoms with Crippen molar-refractivity contribution in [3.8, 4) is 22.3 Å². The second-order valence-corrected chi connectivity index (χ2v) is 18.3. The van der Waals surface area contributed by atoms with E-state index >= 15 is 0 Å². The van der Waals surface area contributed by atoms with Gasteiger partial charge in [0.1, 0.15) is 23.2 Å². The highest BCUT2D eigenvalue weighted by Gasteiger charge is 2.35. The van der Waals surface area contributed by atoms with E-state index < -0.39 is 0 Å². The maximum absolute atomic E-state index is 13.2. The van der Waals surface area contributed by atoms with E-state index in [0.29, 0.717) is 29.7 Å². The number of benzene rings is 3. The van der Waals surface area contributed by atoms with Crippen molar-refractivity contribution in [2.75, 3.05) is 4.90 Å². The van der Waals surface area contributed by atoms with Gasteiger partial charge in [0.25, 0.3) is 0 Å². The smallest absolute Gasteiger partial charge is 0.227 e. The number of anilines is 1. The molecule has 2 atom stereocenters. The average Bonchev–Trinajstić information content (AvgIpc) is 3.97. The Balaban J connectivity index is 0.000000176. The molecule has 6 heterocycles. The molecule has 0 spiro atoms. The zero-order valence-corrected chi connectivity index (χ0v) is 38.1. The number of imidazole rings is 2. The number of fused-ring (bicyclic) bond motifs is 2. The van der Waals surface area contributed by atoms with Crippen LogP contribution in [0.3, 0.4) is 0 Å². The van der Waals surface area contributed by atoms with E-state index in [1.54, 1.807) is 0 Å². The van der Waals surface area contributed by atoms with Crippen LogP contribution in [0.15, 0.2) is 63.6 Å². The SMILES string of the molecule is Cc1ccc(N2C(=O)CCC[C@H]2c2nc3cc(-c4c(C)noc4C)ccc3n2CC(C)C)cc1Cl.Cc1noc(C)c1-c1ccc2c(c1)nc([C@@H]1CCCC(=O)N1)n2CC(C)C. The number of amides is 2. The van der Waals surface area contributed by atoms with E-state index in [0.717, 1.165) is 129 Å². The highest BCUT2D eigenvalue weighted by atomic mass is 35.5. The molecular weight excluding hydrogens is 800 g/mol. The number of nitrogens with zero attached hydrogens (tertiary/aromatic N) is 7. The monoisotopic (exact) mass is 856 g/mol. The molecule has 7 aromatic rings. The van der Waals surface area contributed by atoms with Crippen LogP contribution in [-0.2, 0) is 22.7 Å². The van der Waals surface area contributed by atoms with Gasteiger partial charge in [-0.05, 0) is 125 Å². The number of halogens is 1. The topological polar surface area (TPSA) is 137 Å². The molecule has 62 heavy (non-hydrogen) atoms. The Kier molecular flexibility index (Phi) is 12.2. The van der Waals surface area contributed by atoms with Crippen LogP contribution in [0.5, 0.6) is 0 Å². The van der Waals surface area contributed by atoms with Gasteiger partial charge in [-0.2, -0.15) is 0 Å². The van der Waals surface area contributed by atoms with Gasteiger partial charge in [0.15, 0.2) is 0 Å². The molecule has 0 unspecified atom stereocenters. The number of aryl methyl sites for hydroxylation is 5. The predicted octanol–water partition coefficient (Wildman–Crippen LogP) is 11.5. The first-order chi connectivity index (χ1) is 29.7. The van der Waals surface area contributed by atoms with Crippen LogP contribution >= 0.6 is 11.6 Å². The number of rotatable bonds is 9. The number of carbonyl (C=O) groups excluding carboxylic acids is 2. The largest absolute Gasteiger partial charge is 0.361 e. The summed E-state index contributed by atoms with van der Waals surface area (Å²) >= 11 is 6.46. The Morgan fingerprint density at radius 1 is 0.710 bits per heavy atom. The Morgan fingerprint density at radius 2 is 1.26 bits per heavy atom. The summed E-state index contributed by atoms with van der Waals surface area (Å²) in [5.41, 5.74) is 11.8. The van der Waals surface area contributed by atoms with Crippen molar-refractivity contribution in [1.29, 1.82) is 0 Å². The number of nitrogens with one attached hydrogen (secondary N) is 1. The van der Waals surface area contributed by atoms with Crippen molar-refractivity contribution in [3.05, 3.63) is 99.7 Å². The molecule has 2 aliphatic rings. The zero-order valence-electron chi connectivity index (χ0n) is 37.3. The zero-order chi connectivity index (χ0) is 44.0. The number of hydrogen-bond acceptors (Lipinski definition) is 8. The number of aromatic nitrogens is 6. The van der Waals surface area contributed by atoms with Gasteiger partial charge in [-0.15, -0.1) is 0 Å². The normalized spacial score (nSPS) is 17.1. The summed E-state index contributed by atoms with van der Waals surface area (Å²) in [6.07, 6.45) is 4.68. The summed E-state index contributed by atoms with van der Waals surface area (Å²) in [5, 5.41) is 12.0. The standard InChI is InChI=1S/C28H31ClN4O2.C21H26N4O2/c1-16(2)15-32-24-12-10-20(27-18(4)31-35-19(27)5)13-23(24)30-28(32)25-7-6-8-26(34)33(25)21-11-9-17(3)22(29)14-21;1-12(2)11-25-18-9-8-15(20-13(3)24-27-14(20)4)10-17(18)23-21(25)16-6-5-7-19(26)22-16/h9-14,16,25H,6-8,15H2,1-5H3;8-10,12,16H,5-7,11H2,1-4H3,(H,22,26)/t25-;16-/m00/s1. The second kappa shape index (κ2) is 17.6. The second-order valence-electron chi connectivity index (χ2n) is 17.9. The summed E-state index contributed by atoms with van der Waals surface area (Å²) in [5.74, 6) is 4.64. The molecule has 2 saturated heterocycles. The average molecular weight is 857 g/mol. The van der Waals surface area contributed by atoms with Gasteiger partial charge in [-0.25, -0.2) is 9.97 Å². The third-order valence-electron chi connectivity index (χ3n) is 12.0. The van der Waals surface area contributed by atoms with Crippen molar-refractivity contribution < 1.29 is 18.6 Å². The Hall–Kier alpha value is -5.75. The van der Waals surface area contributed by atoms with Crippen molar-refractivity contribution in [2.24, 2.45) is 11.8 Å². The molecule has 4 aromatic heterocycles. The van der Waals surface area contributed by atoms with Gasteiger partial charge >= 0.3 is 0 Å². The summed E-state index contributed by atoms with van der Waals surface area (Å²) in [6.45, 7) is 20.3. The minimum Gasteiger partial charge on any atom is -0.361 e. The molecule has 0 radical (unpaired) electrons. The molecule has 3 aromatic carbocycles. The van der Waals surface area contributed by atoms with Gasteiger partial charge in [0, 0.05) is 47.8 Å². The highest BCUT2D eigenvalue weighted by Crippen LogP contribution is 2.40. The molecule has 2 amide bonds. The molecule has 0 aliphatic carbocycles. The van der Waals surface area contributed by atoms with Gasteiger partial charge in [0.05, 0.1) is 45.5 Å². The van der Waals surface area contributed by atoms with Gasteiger partial charge in [-0.3, -0.25) is 9.59 Å². The van der Waals surface area contributed by atoms with Crippen molar-refractivity contribution >= 4 is 51.2 Å². The van der Waals surface area contributed by atoms with Gasteiger partial charge < -0.3 is 28.4 Å². The summed E-state index contributed by atoms with van der Waals surface area (Å²) in [7, 11) is 0. The van der Waals surface area contributed by atoms with Crippen molar-refractivity contribution in [2.45, 2.75) is 126 Å². The van der Waals surface area contributed by atoms with E-state index in [9.17, 15) is 9.59 Å². The lowest BCUT2D eigenvalue weighted by Gasteiger charge is -2.36. The molecule has 2 aliphatic heterocycles. The predicted molar refractivity (Wildman–Crippen MR) is 244 cm³/mol. The van der Waals surface area contributed by atoms with Crippen LogP contribution in [0.1, 0.15) is 118 Å². The fourth-order valence-electron chi connectivity index (χ4n) is 9.20. The molecule has 1 N–H and O–H groups in total. The van der Waals surface area contributed by atoms with E-state index in [1.807, 2.05) is 57.7 Å². The molecule has 13 heteroatoms. The molecule has 2 fully saturated rings. The van der Waals surface area contributed by atoms with Gasteiger partial charge in [-0.1, -0.05) is 67.8 Å². The van der Waals surface area contributed by atoms with E-state index in [4.69, 9.17) is 30.6 Å². The van der Waals surface area contributed by atoms with E-state index in [2.05, 4.69) is 88.9 Å². The van der Waals surface area contributed by atoms with Crippen LogP contribution in [0.4, 0.5) is 5.69 Å². The van der Waals surface area contributed by atoms with Crippen LogP contribution in [0.25, 0.3) is 44.3 Å². The first kappa shape index (κ1) is 42.9. The fourth-order valence-corrected chi connectivity index (χ4v) is 9.38. The number of hydrogen-bond donors (Lipinski definition) is 1. The van der Waals surface area contributed by atoms with Crippen molar-refractivity contribution in [1.82, 2.24) is 34.7 Å². The van der Waals surface area contributed by atoms with E-state index in [-0.39, 0.29) is 23.9 Å². The lowest BCUT2D eigenvalue weighted by molar-refractivity contribution is -0.123. The number of carbonyl (C=O) groups is 2. The molecule has 0 saturated carbocycles. The van der Waals surface area contributed by atoms with Crippen LogP contribution in [0.2, 0.25) is 5.02 Å². The van der Waals surface area contributed by atoms with Crippen LogP contribution in [-0.4, -0.2) is 41.2 Å². The third kappa shape index (κ3) is 8.41. The fraction of sp³-hybridized carbons (Fsp3) is 0.429. The Bertz CT molecular complexity index is 2750. The quantitative estimate of drug-likeness (QED) is 0.151. The van der Waals surface area contributed by atoms with Crippen LogP contribution in [0, 0.1) is 46.5 Å². The lowest BCUT2D eigenvalue weighted by Crippen LogP contribution is -2.39. The molecule has 0 bridgehead atoms. The molecule has 12 nitrogen and oxygen atoms in total. The summed E-state index contributed by atoms with van der Waals surface area (Å²) in [4.78, 5) is 37.2. The van der Waals surface area contributed by atoms with Crippen molar-refractivity contribution in [3.63, 3.8) is 0 Å². The first-order valence-corrected chi connectivity index (χ1v) is 22.3. The molecule has 9 rings (SSSR count). The maximum Gasteiger partial charge on any atom is 0.227 e. The highest BCUT2D eigenvalue weighted by molar-refractivity contribution is 6.31. The lowest BCUT2D eigenvalue weighted by atomic mass is 9.99. The minimum atomic E-state index is -0.149. The summed E-state index contributed by atoms with van der Waals surface area (Å²) < 4.78 is 15.3. The first-order valence-electron chi connectivity index (χ1n) is 21.9. The maximum atomic E-state index is 13.2. The van der Waals surface area contributed by atoms with E-state index in [1.165, 1.54) is 0 Å².